The molecule has 0 saturated carbocycles. The van der Waals surface area contributed by atoms with Gasteiger partial charge in [-0.1, -0.05) is 35.5 Å². The van der Waals surface area contributed by atoms with E-state index in [0.717, 1.165) is 23.6 Å². The Kier molecular flexibility index (Phi) is 7.13. The monoisotopic (exact) mass is 420 g/mol. The minimum Gasteiger partial charge on any atom is -0.469 e. The zero-order chi connectivity index (χ0) is 19.9. The molecule has 9 heteroatoms. The summed E-state index contributed by atoms with van der Waals surface area (Å²) in [6.07, 6.45) is 2.43. The first kappa shape index (κ1) is 20.4. The van der Waals surface area contributed by atoms with Gasteiger partial charge in [-0.15, -0.1) is 10.2 Å². The van der Waals surface area contributed by atoms with Crippen LogP contribution in [0, 0.1) is 6.92 Å². The summed E-state index contributed by atoms with van der Waals surface area (Å²) in [5, 5.41) is 12.6. The van der Waals surface area contributed by atoms with Crippen LogP contribution < -0.4 is 5.32 Å². The van der Waals surface area contributed by atoms with E-state index in [1.54, 1.807) is 25.5 Å². The maximum absolute atomic E-state index is 12.3. The molecule has 1 aromatic carbocycles. The Balaban J connectivity index is 1.72. The van der Waals surface area contributed by atoms with Crippen molar-refractivity contribution in [1.82, 2.24) is 14.8 Å². The topological polar surface area (TPSA) is 82.2 Å². The van der Waals surface area contributed by atoms with Crippen LogP contribution in [0.25, 0.3) is 11.4 Å². The highest BCUT2D eigenvalue weighted by Crippen LogP contribution is 2.28. The molecule has 3 aromatic rings. The van der Waals surface area contributed by atoms with Crippen molar-refractivity contribution in [2.24, 2.45) is 0 Å². The third kappa shape index (κ3) is 4.95. The maximum atomic E-state index is 12.3. The van der Waals surface area contributed by atoms with Crippen LogP contribution >= 0.6 is 23.4 Å². The van der Waals surface area contributed by atoms with Gasteiger partial charge in [-0.25, -0.2) is 0 Å². The number of methoxy groups -OCH3 is 1. The largest absolute Gasteiger partial charge is 0.469 e. The number of rotatable bonds is 9. The number of halogens is 1. The highest BCUT2D eigenvalue weighted by molar-refractivity contribution is 7.99. The van der Waals surface area contributed by atoms with Crippen LogP contribution in [0.4, 0.5) is 5.69 Å². The van der Waals surface area contributed by atoms with E-state index in [4.69, 9.17) is 20.8 Å². The SMILES string of the molecule is COCCCn1c(SCC(=O)Nc2ccccc2Cl)nnc1-c1ccoc1C. The van der Waals surface area contributed by atoms with Crippen molar-refractivity contribution in [3.05, 3.63) is 47.4 Å². The number of hydrogen-bond donors (Lipinski definition) is 1. The second-order valence-electron chi connectivity index (χ2n) is 6.01. The number of ether oxygens (including phenoxy) is 1. The number of anilines is 1. The van der Waals surface area contributed by atoms with Gasteiger partial charge in [0.2, 0.25) is 5.91 Å². The molecule has 0 aliphatic carbocycles. The molecule has 0 atom stereocenters. The zero-order valence-electron chi connectivity index (χ0n) is 15.6. The number of hydrogen-bond acceptors (Lipinski definition) is 6. The van der Waals surface area contributed by atoms with Gasteiger partial charge in [-0.05, 0) is 31.5 Å². The first-order chi connectivity index (χ1) is 13.6. The van der Waals surface area contributed by atoms with Crippen LogP contribution in [0.5, 0.6) is 0 Å². The van der Waals surface area contributed by atoms with Gasteiger partial charge in [-0.3, -0.25) is 4.79 Å². The van der Waals surface area contributed by atoms with Crippen LogP contribution in [0.15, 0.2) is 46.2 Å². The van der Waals surface area contributed by atoms with E-state index in [9.17, 15) is 4.79 Å². The normalized spacial score (nSPS) is 11.0. The molecule has 28 heavy (non-hydrogen) atoms. The van der Waals surface area contributed by atoms with E-state index in [1.807, 2.05) is 29.7 Å². The van der Waals surface area contributed by atoms with Gasteiger partial charge in [-0.2, -0.15) is 0 Å². The predicted octanol–water partition coefficient (Wildman–Crippen LogP) is 4.27. The molecule has 2 heterocycles. The minimum atomic E-state index is -0.161. The quantitative estimate of drug-likeness (QED) is 0.411. The number of thioether (sulfide) groups is 1. The summed E-state index contributed by atoms with van der Waals surface area (Å²) in [7, 11) is 1.67. The number of nitrogens with one attached hydrogen (secondary N) is 1. The molecule has 0 aliphatic rings. The lowest BCUT2D eigenvalue weighted by Crippen LogP contribution is -2.15. The molecule has 1 N–H and O–H groups in total. The van der Waals surface area contributed by atoms with E-state index in [1.165, 1.54) is 11.8 Å². The Bertz CT molecular complexity index is 941. The molecular formula is C19H21ClN4O3S. The second-order valence-corrected chi connectivity index (χ2v) is 7.36. The lowest BCUT2D eigenvalue weighted by Gasteiger charge is -2.10. The molecule has 0 radical (unpaired) electrons. The van der Waals surface area contributed by atoms with E-state index in [-0.39, 0.29) is 11.7 Å². The smallest absolute Gasteiger partial charge is 0.234 e. The van der Waals surface area contributed by atoms with Gasteiger partial charge in [0, 0.05) is 20.3 Å². The number of nitrogens with zero attached hydrogens (tertiary/aromatic N) is 3. The fourth-order valence-corrected chi connectivity index (χ4v) is 3.61. The summed E-state index contributed by atoms with van der Waals surface area (Å²) in [6, 6.07) is 8.99. The maximum Gasteiger partial charge on any atom is 0.234 e. The molecule has 0 saturated heterocycles. The lowest BCUT2D eigenvalue weighted by atomic mass is 10.2. The fourth-order valence-electron chi connectivity index (χ4n) is 2.66. The van der Waals surface area contributed by atoms with Gasteiger partial charge in [0.1, 0.15) is 5.76 Å². The average molecular weight is 421 g/mol. The molecular weight excluding hydrogens is 400 g/mol. The van der Waals surface area contributed by atoms with Gasteiger partial charge in [0.25, 0.3) is 0 Å². The molecule has 2 aromatic heterocycles. The number of amides is 1. The summed E-state index contributed by atoms with van der Waals surface area (Å²) in [5.41, 5.74) is 1.48. The first-order valence-corrected chi connectivity index (χ1v) is 10.1. The van der Waals surface area contributed by atoms with Crippen LogP contribution in [0.3, 0.4) is 0 Å². The summed E-state index contributed by atoms with van der Waals surface area (Å²) in [6.45, 7) is 3.18. The highest BCUT2D eigenvalue weighted by atomic mass is 35.5. The Morgan fingerprint density at radius 2 is 2.14 bits per heavy atom. The van der Waals surface area contributed by atoms with Crippen molar-refractivity contribution in [3.8, 4) is 11.4 Å². The molecule has 0 bridgehead atoms. The van der Waals surface area contributed by atoms with Crippen molar-refractivity contribution >= 4 is 35.0 Å². The Labute approximate surface area is 172 Å². The zero-order valence-corrected chi connectivity index (χ0v) is 17.2. The van der Waals surface area contributed by atoms with Gasteiger partial charge < -0.3 is 19.0 Å². The van der Waals surface area contributed by atoms with Crippen LogP contribution in [-0.4, -0.2) is 40.1 Å². The summed E-state index contributed by atoms with van der Waals surface area (Å²) >= 11 is 7.41. The van der Waals surface area contributed by atoms with Crippen molar-refractivity contribution in [1.29, 1.82) is 0 Å². The average Bonchev–Trinajstić information content (AvgIpc) is 3.28. The lowest BCUT2D eigenvalue weighted by molar-refractivity contribution is -0.113. The fraction of sp³-hybridized carbons (Fsp3) is 0.316. The first-order valence-electron chi connectivity index (χ1n) is 8.74. The van der Waals surface area contributed by atoms with E-state index in [2.05, 4.69) is 15.5 Å². The number of carbonyl (C=O) groups is 1. The number of carbonyl (C=O) groups excluding carboxylic acids is 1. The molecule has 3 rings (SSSR count). The van der Waals surface area contributed by atoms with Gasteiger partial charge in [0.15, 0.2) is 11.0 Å². The van der Waals surface area contributed by atoms with E-state index >= 15 is 0 Å². The third-order valence-electron chi connectivity index (χ3n) is 4.03. The number of furan rings is 1. The van der Waals surface area contributed by atoms with Crippen molar-refractivity contribution in [2.45, 2.75) is 25.0 Å². The summed E-state index contributed by atoms with van der Waals surface area (Å²) in [4.78, 5) is 12.3. The minimum absolute atomic E-state index is 0.161. The molecule has 148 valence electrons. The highest BCUT2D eigenvalue weighted by Gasteiger charge is 2.18. The molecule has 7 nitrogen and oxygen atoms in total. The molecule has 1 amide bonds. The molecule has 0 fully saturated rings. The van der Waals surface area contributed by atoms with Crippen LogP contribution in [0.2, 0.25) is 5.02 Å². The Morgan fingerprint density at radius 1 is 1.32 bits per heavy atom. The molecule has 0 spiro atoms. The summed E-state index contributed by atoms with van der Waals surface area (Å²) in [5.74, 6) is 1.52. The third-order valence-corrected chi connectivity index (χ3v) is 5.32. The van der Waals surface area contributed by atoms with Gasteiger partial charge in [0.05, 0.1) is 28.3 Å². The van der Waals surface area contributed by atoms with Crippen LogP contribution in [0.1, 0.15) is 12.2 Å². The van der Waals surface area contributed by atoms with Crippen molar-refractivity contribution in [3.63, 3.8) is 0 Å². The number of benzene rings is 1. The van der Waals surface area contributed by atoms with Gasteiger partial charge >= 0.3 is 0 Å². The molecule has 0 aliphatic heterocycles. The van der Waals surface area contributed by atoms with E-state index < -0.39 is 0 Å². The van der Waals surface area contributed by atoms with Crippen LogP contribution in [-0.2, 0) is 16.1 Å². The van der Waals surface area contributed by atoms with Crippen molar-refractivity contribution in [2.75, 3.05) is 24.8 Å². The number of aromatic nitrogens is 3. The Morgan fingerprint density at radius 3 is 2.86 bits per heavy atom. The van der Waals surface area contributed by atoms with E-state index in [0.29, 0.717) is 29.0 Å². The standard InChI is InChI=1S/C19H21ClN4O3S/c1-13-14(8-11-27-13)18-22-23-19(24(18)9-5-10-26-2)28-12-17(25)21-16-7-4-3-6-15(16)20/h3-4,6-8,11H,5,9-10,12H2,1-2H3,(H,21,25). The molecule has 0 unspecified atom stereocenters. The summed E-state index contributed by atoms with van der Waals surface area (Å²) < 4.78 is 12.5. The van der Waals surface area contributed by atoms with Crippen molar-refractivity contribution < 1.29 is 13.9 Å². The predicted molar refractivity (Wildman–Crippen MR) is 110 cm³/mol. The number of aryl methyl sites for hydroxylation is 1. The second kappa shape index (κ2) is 9.77. The number of para-hydroxylation sites is 1. The Hall–Kier alpha value is -2.29.